The van der Waals surface area contributed by atoms with Crippen molar-refractivity contribution in [3.63, 3.8) is 0 Å². The number of rotatable bonds is 5. The molecule has 2 aliphatic rings. The summed E-state index contributed by atoms with van der Waals surface area (Å²) < 4.78 is 18.7. The summed E-state index contributed by atoms with van der Waals surface area (Å²) in [6, 6.07) is 5.62. The molecule has 1 aliphatic carbocycles. The Labute approximate surface area is 170 Å². The van der Waals surface area contributed by atoms with Gasteiger partial charge in [0.05, 0.1) is 11.7 Å². The number of nitrogens with one attached hydrogen (secondary N) is 1. The number of hydrogen-bond acceptors (Lipinski definition) is 5. The van der Waals surface area contributed by atoms with Crippen LogP contribution >= 0.6 is 0 Å². The molecule has 2 aromatic rings. The van der Waals surface area contributed by atoms with Gasteiger partial charge in [-0.15, -0.1) is 0 Å². The minimum atomic E-state index is -0.392. The minimum Gasteiger partial charge on any atom is -0.484 e. The zero-order valence-electron chi connectivity index (χ0n) is 16.9. The molecule has 2 heterocycles. The van der Waals surface area contributed by atoms with Crippen LogP contribution in [-0.4, -0.2) is 35.6 Å². The van der Waals surface area contributed by atoms with Gasteiger partial charge in [0.2, 0.25) is 5.95 Å². The third kappa shape index (κ3) is 4.66. The smallest absolute Gasteiger partial charge is 0.258 e. The van der Waals surface area contributed by atoms with E-state index in [0.29, 0.717) is 5.75 Å². The molecule has 1 aromatic heterocycles. The van der Waals surface area contributed by atoms with Crippen LogP contribution in [0.15, 0.2) is 30.5 Å². The summed E-state index contributed by atoms with van der Waals surface area (Å²) in [4.78, 5) is 24.1. The highest BCUT2D eigenvalue weighted by atomic mass is 19.1. The van der Waals surface area contributed by atoms with Gasteiger partial charge in [0.25, 0.3) is 5.91 Å². The Kier molecular flexibility index (Phi) is 5.39. The van der Waals surface area contributed by atoms with Gasteiger partial charge in [-0.05, 0) is 43.2 Å². The number of ether oxygens (including phenoxy) is 1. The van der Waals surface area contributed by atoms with Crippen LogP contribution in [0.1, 0.15) is 50.4 Å². The molecular weight excluding hydrogens is 371 g/mol. The van der Waals surface area contributed by atoms with Crippen LogP contribution in [0.25, 0.3) is 0 Å². The topological polar surface area (TPSA) is 67.4 Å². The van der Waals surface area contributed by atoms with Crippen molar-refractivity contribution in [1.29, 1.82) is 0 Å². The van der Waals surface area contributed by atoms with Gasteiger partial charge in [0, 0.05) is 30.9 Å². The lowest BCUT2D eigenvalue weighted by Gasteiger charge is -2.36. The van der Waals surface area contributed by atoms with Crippen molar-refractivity contribution in [2.24, 2.45) is 5.41 Å². The first-order valence-electron chi connectivity index (χ1n) is 10.2. The molecule has 1 fully saturated rings. The SMILES string of the molecule is CC1(C)Cc2nc(N3CCCC3)ncc2[C@H](NC(=O)COc2cccc(F)c2)C1. The first-order chi connectivity index (χ1) is 13.9. The molecule has 29 heavy (non-hydrogen) atoms. The summed E-state index contributed by atoms with van der Waals surface area (Å²) in [6.45, 7) is 6.22. The predicted octanol–water partition coefficient (Wildman–Crippen LogP) is 3.42. The minimum absolute atomic E-state index is 0.0188. The number of halogens is 1. The monoisotopic (exact) mass is 398 g/mol. The standard InChI is InChI=1S/C22H27FN4O2/c1-22(2)11-18(25-20(28)14-29-16-7-5-6-15(23)10-16)17-13-24-21(26-19(17)12-22)27-8-3-4-9-27/h5-7,10,13,18H,3-4,8-9,11-12,14H2,1-2H3,(H,25,28)/t18-/m1/s1. The Morgan fingerprint density at radius 2 is 2.14 bits per heavy atom. The highest BCUT2D eigenvalue weighted by Crippen LogP contribution is 2.40. The summed E-state index contributed by atoms with van der Waals surface area (Å²) >= 11 is 0. The van der Waals surface area contributed by atoms with Crippen LogP contribution < -0.4 is 15.0 Å². The lowest BCUT2D eigenvalue weighted by atomic mass is 9.74. The fourth-order valence-corrected chi connectivity index (χ4v) is 4.18. The molecule has 7 heteroatoms. The second kappa shape index (κ2) is 7.97. The maximum Gasteiger partial charge on any atom is 0.258 e. The number of hydrogen-bond donors (Lipinski definition) is 1. The summed E-state index contributed by atoms with van der Waals surface area (Å²) in [5.41, 5.74) is 2.01. The van der Waals surface area contributed by atoms with E-state index < -0.39 is 5.82 Å². The molecule has 4 rings (SSSR count). The number of carbonyl (C=O) groups excluding carboxylic acids is 1. The fraction of sp³-hybridized carbons (Fsp3) is 0.500. The summed E-state index contributed by atoms with van der Waals surface area (Å²) in [5.74, 6) is 0.491. The first kappa shape index (κ1) is 19.6. The van der Waals surface area contributed by atoms with Crippen molar-refractivity contribution in [2.75, 3.05) is 24.6 Å². The molecule has 1 atom stereocenters. The largest absolute Gasteiger partial charge is 0.484 e. The maximum atomic E-state index is 13.3. The van der Waals surface area contributed by atoms with Crippen LogP contribution in [0, 0.1) is 11.2 Å². The van der Waals surface area contributed by atoms with Crippen molar-refractivity contribution in [2.45, 2.75) is 45.6 Å². The molecule has 1 aromatic carbocycles. The molecule has 0 bridgehead atoms. The van der Waals surface area contributed by atoms with Crippen molar-refractivity contribution in [3.8, 4) is 5.75 Å². The molecule has 1 saturated heterocycles. The Hall–Kier alpha value is -2.70. The average molecular weight is 398 g/mol. The first-order valence-corrected chi connectivity index (χ1v) is 10.2. The zero-order chi connectivity index (χ0) is 20.4. The summed E-state index contributed by atoms with van der Waals surface area (Å²) in [6.07, 6.45) is 5.88. The molecular formula is C22H27FN4O2. The van der Waals surface area contributed by atoms with E-state index in [1.54, 1.807) is 12.1 Å². The van der Waals surface area contributed by atoms with Crippen molar-refractivity contribution in [3.05, 3.63) is 47.5 Å². The number of anilines is 1. The van der Waals surface area contributed by atoms with Crippen LogP contribution in [0.2, 0.25) is 0 Å². The third-order valence-electron chi connectivity index (χ3n) is 5.56. The van der Waals surface area contributed by atoms with E-state index >= 15 is 0 Å². The molecule has 1 aliphatic heterocycles. The van der Waals surface area contributed by atoms with Gasteiger partial charge >= 0.3 is 0 Å². The molecule has 154 valence electrons. The molecule has 0 spiro atoms. The number of amides is 1. The number of nitrogens with zero attached hydrogens (tertiary/aromatic N) is 3. The van der Waals surface area contributed by atoms with E-state index in [9.17, 15) is 9.18 Å². The van der Waals surface area contributed by atoms with Gasteiger partial charge in [-0.3, -0.25) is 4.79 Å². The highest BCUT2D eigenvalue weighted by Gasteiger charge is 2.35. The molecule has 0 unspecified atom stereocenters. The van der Waals surface area contributed by atoms with E-state index in [2.05, 4.69) is 29.0 Å². The van der Waals surface area contributed by atoms with Gasteiger partial charge < -0.3 is 15.0 Å². The Balaban J connectivity index is 1.46. The quantitative estimate of drug-likeness (QED) is 0.836. The Bertz CT molecular complexity index is 896. The highest BCUT2D eigenvalue weighted by molar-refractivity contribution is 5.78. The van der Waals surface area contributed by atoms with Crippen LogP contribution in [0.5, 0.6) is 5.75 Å². The fourth-order valence-electron chi connectivity index (χ4n) is 4.18. The number of aromatic nitrogens is 2. The molecule has 6 nitrogen and oxygen atoms in total. The van der Waals surface area contributed by atoms with Gasteiger partial charge in [0.1, 0.15) is 11.6 Å². The van der Waals surface area contributed by atoms with E-state index in [1.165, 1.54) is 25.0 Å². The van der Waals surface area contributed by atoms with Gasteiger partial charge in [-0.25, -0.2) is 14.4 Å². The number of benzene rings is 1. The Morgan fingerprint density at radius 3 is 2.90 bits per heavy atom. The number of carbonyl (C=O) groups is 1. The molecule has 0 radical (unpaired) electrons. The van der Waals surface area contributed by atoms with Crippen molar-refractivity contribution in [1.82, 2.24) is 15.3 Å². The van der Waals surface area contributed by atoms with Crippen LogP contribution in [0.3, 0.4) is 0 Å². The predicted molar refractivity (Wildman–Crippen MR) is 108 cm³/mol. The number of fused-ring (bicyclic) bond motifs is 1. The third-order valence-corrected chi connectivity index (χ3v) is 5.56. The lowest BCUT2D eigenvalue weighted by Crippen LogP contribution is -2.39. The lowest BCUT2D eigenvalue weighted by molar-refractivity contribution is -0.124. The van der Waals surface area contributed by atoms with Crippen molar-refractivity contribution >= 4 is 11.9 Å². The molecule has 1 amide bonds. The van der Waals surface area contributed by atoms with Crippen LogP contribution in [-0.2, 0) is 11.2 Å². The summed E-state index contributed by atoms with van der Waals surface area (Å²) in [7, 11) is 0. The second-order valence-corrected chi connectivity index (χ2v) is 8.68. The van der Waals surface area contributed by atoms with Crippen LogP contribution in [0.4, 0.5) is 10.3 Å². The second-order valence-electron chi connectivity index (χ2n) is 8.68. The van der Waals surface area contributed by atoms with E-state index in [1.807, 2.05) is 6.20 Å². The maximum absolute atomic E-state index is 13.3. The van der Waals surface area contributed by atoms with Gasteiger partial charge in [-0.2, -0.15) is 0 Å². The van der Waals surface area contributed by atoms with Gasteiger partial charge in [-0.1, -0.05) is 19.9 Å². The normalized spacial score (nSPS) is 20.2. The summed E-state index contributed by atoms with van der Waals surface area (Å²) in [5, 5.41) is 3.05. The van der Waals surface area contributed by atoms with E-state index in [4.69, 9.17) is 9.72 Å². The Morgan fingerprint density at radius 1 is 1.34 bits per heavy atom. The zero-order valence-corrected chi connectivity index (χ0v) is 16.9. The molecule has 0 saturated carbocycles. The van der Waals surface area contributed by atoms with E-state index in [0.717, 1.165) is 43.1 Å². The van der Waals surface area contributed by atoms with E-state index in [-0.39, 0.29) is 24.0 Å². The average Bonchev–Trinajstić information content (AvgIpc) is 3.20. The molecule has 1 N–H and O–H groups in total. The van der Waals surface area contributed by atoms with Crippen molar-refractivity contribution < 1.29 is 13.9 Å². The van der Waals surface area contributed by atoms with Gasteiger partial charge in [0.15, 0.2) is 6.61 Å².